The predicted octanol–water partition coefficient (Wildman–Crippen LogP) is 6.90. The first-order valence-corrected chi connectivity index (χ1v) is 12.3. The van der Waals surface area contributed by atoms with E-state index >= 15 is 0 Å². The standard InChI is InChI=1S/C26H31O2P/c1-2-3-4-5-6-9-14-23-19-21-24(22-20-23)28-29(27,25-15-10-7-11-16-25)26-17-12-8-13-18-26/h7-8,10-13,15-22H,2-6,9,14H2,1H3. The molecule has 2 nitrogen and oxygen atoms in total. The maximum atomic E-state index is 13.9. The van der Waals surface area contributed by atoms with Crippen molar-refractivity contribution in [3.8, 4) is 5.75 Å². The van der Waals surface area contributed by atoms with E-state index in [1.807, 2.05) is 72.8 Å². The minimum atomic E-state index is -3.20. The minimum absolute atomic E-state index is 0.646. The molecule has 3 aromatic rings. The summed E-state index contributed by atoms with van der Waals surface area (Å²) in [7, 11) is -3.20. The molecule has 0 aliphatic rings. The van der Waals surface area contributed by atoms with Gasteiger partial charge in [-0.05, 0) is 54.8 Å². The van der Waals surface area contributed by atoms with E-state index in [1.165, 1.54) is 44.1 Å². The summed E-state index contributed by atoms with van der Waals surface area (Å²) in [6.45, 7) is 2.25. The van der Waals surface area contributed by atoms with Crippen molar-refractivity contribution in [3.63, 3.8) is 0 Å². The van der Waals surface area contributed by atoms with Gasteiger partial charge in [-0.15, -0.1) is 0 Å². The molecule has 0 heterocycles. The summed E-state index contributed by atoms with van der Waals surface area (Å²) < 4.78 is 20.1. The lowest BCUT2D eigenvalue weighted by Gasteiger charge is -2.20. The van der Waals surface area contributed by atoms with E-state index < -0.39 is 7.37 Å². The fraction of sp³-hybridized carbons (Fsp3) is 0.308. The van der Waals surface area contributed by atoms with Crippen LogP contribution in [0.25, 0.3) is 0 Å². The largest absolute Gasteiger partial charge is 0.437 e. The van der Waals surface area contributed by atoms with Gasteiger partial charge in [-0.3, -0.25) is 4.57 Å². The molecule has 0 N–H and O–H groups in total. The van der Waals surface area contributed by atoms with Crippen LogP contribution in [0.3, 0.4) is 0 Å². The van der Waals surface area contributed by atoms with E-state index in [4.69, 9.17) is 4.52 Å². The van der Waals surface area contributed by atoms with Gasteiger partial charge in [0.2, 0.25) is 0 Å². The minimum Gasteiger partial charge on any atom is -0.437 e. The van der Waals surface area contributed by atoms with Gasteiger partial charge >= 0.3 is 7.37 Å². The fourth-order valence-corrected chi connectivity index (χ4v) is 5.53. The van der Waals surface area contributed by atoms with Gasteiger partial charge in [-0.1, -0.05) is 87.6 Å². The quantitative estimate of drug-likeness (QED) is 0.256. The molecule has 0 spiro atoms. The smallest absolute Gasteiger partial charge is 0.306 e. The fourth-order valence-electron chi connectivity index (χ4n) is 3.48. The van der Waals surface area contributed by atoms with Gasteiger partial charge in [0, 0.05) is 0 Å². The number of aryl methyl sites for hydroxylation is 1. The van der Waals surface area contributed by atoms with Crippen molar-refractivity contribution in [2.75, 3.05) is 0 Å². The maximum Gasteiger partial charge on any atom is 0.306 e. The van der Waals surface area contributed by atoms with Gasteiger partial charge in [0.05, 0.1) is 10.6 Å². The number of hydrogen-bond acceptors (Lipinski definition) is 2. The summed E-state index contributed by atoms with van der Waals surface area (Å²) in [5.41, 5.74) is 1.31. The molecular formula is C26H31O2P. The molecule has 0 amide bonds. The van der Waals surface area contributed by atoms with Crippen molar-refractivity contribution >= 4 is 18.0 Å². The normalized spacial score (nSPS) is 11.3. The molecule has 0 aliphatic heterocycles. The monoisotopic (exact) mass is 406 g/mol. The first-order valence-electron chi connectivity index (χ1n) is 10.7. The van der Waals surface area contributed by atoms with E-state index in [0.717, 1.165) is 6.42 Å². The van der Waals surface area contributed by atoms with Crippen molar-refractivity contribution in [2.24, 2.45) is 0 Å². The summed E-state index contributed by atoms with van der Waals surface area (Å²) >= 11 is 0. The summed E-state index contributed by atoms with van der Waals surface area (Å²) in [4.78, 5) is 0. The molecule has 29 heavy (non-hydrogen) atoms. The van der Waals surface area contributed by atoms with Crippen LogP contribution in [0, 0.1) is 0 Å². The van der Waals surface area contributed by atoms with Crippen molar-refractivity contribution in [3.05, 3.63) is 90.5 Å². The Bertz CT molecular complexity index is 846. The van der Waals surface area contributed by atoms with Crippen LogP contribution in [0.5, 0.6) is 5.75 Å². The number of rotatable bonds is 11. The van der Waals surface area contributed by atoms with E-state index in [-0.39, 0.29) is 0 Å². The van der Waals surface area contributed by atoms with Crippen LogP contribution in [-0.2, 0) is 11.0 Å². The van der Waals surface area contributed by atoms with Gasteiger partial charge < -0.3 is 4.52 Å². The van der Waals surface area contributed by atoms with Crippen molar-refractivity contribution in [2.45, 2.75) is 51.9 Å². The van der Waals surface area contributed by atoms with Crippen molar-refractivity contribution < 1.29 is 9.09 Å². The lowest BCUT2D eigenvalue weighted by Crippen LogP contribution is -2.20. The van der Waals surface area contributed by atoms with Crippen LogP contribution < -0.4 is 15.1 Å². The predicted molar refractivity (Wildman–Crippen MR) is 124 cm³/mol. The molecule has 3 heteroatoms. The average Bonchev–Trinajstić information content (AvgIpc) is 2.78. The highest BCUT2D eigenvalue weighted by atomic mass is 31.2. The number of unbranched alkanes of at least 4 members (excludes halogenated alkanes) is 5. The highest BCUT2D eigenvalue weighted by molar-refractivity contribution is 7.74. The van der Waals surface area contributed by atoms with Crippen molar-refractivity contribution in [1.82, 2.24) is 0 Å². The molecule has 0 fully saturated rings. The lowest BCUT2D eigenvalue weighted by atomic mass is 10.1. The van der Waals surface area contributed by atoms with Gasteiger partial charge in [-0.25, -0.2) is 0 Å². The van der Waals surface area contributed by atoms with Gasteiger partial charge in [-0.2, -0.15) is 0 Å². The molecule has 0 atom stereocenters. The molecule has 152 valence electrons. The van der Waals surface area contributed by atoms with E-state index in [1.54, 1.807) is 0 Å². The zero-order valence-corrected chi connectivity index (χ0v) is 18.2. The third-order valence-corrected chi connectivity index (χ3v) is 7.59. The Kier molecular flexibility index (Phi) is 8.14. The maximum absolute atomic E-state index is 13.9. The lowest BCUT2D eigenvalue weighted by molar-refractivity contribution is 0.502. The Morgan fingerprint density at radius 2 is 1.17 bits per heavy atom. The summed E-state index contributed by atoms with van der Waals surface area (Å²) in [6, 6.07) is 27.1. The van der Waals surface area contributed by atoms with Crippen LogP contribution in [0.2, 0.25) is 0 Å². The van der Waals surface area contributed by atoms with Crippen molar-refractivity contribution in [1.29, 1.82) is 0 Å². The summed E-state index contributed by atoms with van der Waals surface area (Å²) in [5, 5.41) is 1.42. The molecule has 0 unspecified atom stereocenters. The number of benzene rings is 3. The molecule has 0 saturated heterocycles. The average molecular weight is 407 g/mol. The van der Waals surface area contributed by atoms with E-state index in [2.05, 4.69) is 19.1 Å². The Hall–Kier alpha value is -2.31. The molecule has 0 bridgehead atoms. The summed E-state index contributed by atoms with van der Waals surface area (Å²) in [5.74, 6) is 0.646. The highest BCUT2D eigenvalue weighted by Gasteiger charge is 2.29. The second-order valence-electron chi connectivity index (χ2n) is 7.48. The molecule has 3 aromatic carbocycles. The van der Waals surface area contributed by atoms with Crippen LogP contribution in [0.4, 0.5) is 0 Å². The number of hydrogen-bond donors (Lipinski definition) is 0. The second kappa shape index (κ2) is 11.0. The van der Waals surface area contributed by atoms with Crippen LogP contribution in [0.15, 0.2) is 84.9 Å². The first-order chi connectivity index (χ1) is 14.2. The molecule has 0 aliphatic carbocycles. The Morgan fingerprint density at radius 3 is 1.72 bits per heavy atom. The zero-order chi connectivity index (χ0) is 20.4. The third kappa shape index (κ3) is 6.08. The summed E-state index contributed by atoms with van der Waals surface area (Å²) in [6.07, 6.45) is 8.89. The van der Waals surface area contributed by atoms with Crippen LogP contribution in [0.1, 0.15) is 51.0 Å². The topological polar surface area (TPSA) is 26.3 Å². The Morgan fingerprint density at radius 1 is 0.655 bits per heavy atom. The first kappa shape index (κ1) is 21.4. The van der Waals surface area contributed by atoms with E-state index in [9.17, 15) is 4.57 Å². The second-order valence-corrected chi connectivity index (χ2v) is 9.79. The highest BCUT2D eigenvalue weighted by Crippen LogP contribution is 2.45. The molecule has 0 radical (unpaired) electrons. The van der Waals surface area contributed by atoms with Gasteiger partial charge in [0.25, 0.3) is 0 Å². The molecule has 3 rings (SSSR count). The Balaban J connectivity index is 1.68. The third-order valence-electron chi connectivity index (χ3n) is 5.17. The van der Waals surface area contributed by atoms with Crippen LogP contribution in [-0.4, -0.2) is 0 Å². The SMILES string of the molecule is CCCCCCCCc1ccc(OP(=O)(c2ccccc2)c2ccccc2)cc1. The Labute approximate surface area is 175 Å². The van der Waals surface area contributed by atoms with E-state index in [0.29, 0.717) is 16.4 Å². The van der Waals surface area contributed by atoms with Crippen LogP contribution >= 0.6 is 7.37 Å². The molecular weight excluding hydrogens is 375 g/mol. The van der Waals surface area contributed by atoms with Gasteiger partial charge in [0.15, 0.2) is 0 Å². The molecule has 0 saturated carbocycles. The van der Waals surface area contributed by atoms with Gasteiger partial charge in [0.1, 0.15) is 5.75 Å². The zero-order valence-electron chi connectivity index (χ0n) is 17.3. The molecule has 0 aromatic heterocycles.